The molecule has 1 aromatic carbocycles. The van der Waals surface area contributed by atoms with E-state index >= 15 is 0 Å². The topological polar surface area (TPSA) is 58.2 Å². The highest BCUT2D eigenvalue weighted by molar-refractivity contribution is 6.04. The van der Waals surface area contributed by atoms with Crippen molar-refractivity contribution < 1.29 is 14.0 Å². The quantitative estimate of drug-likeness (QED) is 0.874. The summed E-state index contributed by atoms with van der Waals surface area (Å²) in [4.78, 5) is 23.6. The van der Waals surface area contributed by atoms with Crippen LogP contribution in [0, 0.1) is 11.7 Å². The lowest BCUT2D eigenvalue weighted by Gasteiger charge is -2.29. The van der Waals surface area contributed by atoms with E-state index in [0.717, 1.165) is 19.3 Å². The summed E-state index contributed by atoms with van der Waals surface area (Å²) in [5.74, 6) is -0.953. The van der Waals surface area contributed by atoms with Crippen molar-refractivity contribution in [3.8, 4) is 0 Å². The second kappa shape index (κ2) is 6.50. The van der Waals surface area contributed by atoms with Gasteiger partial charge >= 0.3 is 6.03 Å². The number of carbonyl (C=O) groups excluding carboxylic acids is 2. The normalized spacial score (nSPS) is 22.1. The average molecular weight is 278 g/mol. The zero-order valence-corrected chi connectivity index (χ0v) is 11.5. The van der Waals surface area contributed by atoms with Crippen molar-refractivity contribution in [2.45, 2.75) is 38.6 Å². The number of carbonyl (C=O) groups is 2. The summed E-state index contributed by atoms with van der Waals surface area (Å²) in [5, 5.41) is 4.97. The molecule has 1 aromatic rings. The van der Waals surface area contributed by atoms with Gasteiger partial charge in [-0.25, -0.2) is 9.18 Å². The molecule has 0 saturated heterocycles. The van der Waals surface area contributed by atoms with Gasteiger partial charge in [0.05, 0.1) is 5.56 Å². The molecular formula is C15H19FN2O2. The molecule has 2 unspecified atom stereocenters. The third-order valence-electron chi connectivity index (χ3n) is 3.77. The van der Waals surface area contributed by atoms with Gasteiger partial charge in [0.1, 0.15) is 5.82 Å². The van der Waals surface area contributed by atoms with Gasteiger partial charge in [-0.15, -0.1) is 0 Å². The highest BCUT2D eigenvalue weighted by atomic mass is 19.1. The molecule has 0 aromatic heterocycles. The van der Waals surface area contributed by atoms with Crippen LogP contribution in [0.25, 0.3) is 0 Å². The van der Waals surface area contributed by atoms with Crippen molar-refractivity contribution >= 4 is 11.9 Å². The summed E-state index contributed by atoms with van der Waals surface area (Å²) in [6, 6.07) is 5.11. The van der Waals surface area contributed by atoms with Crippen LogP contribution in [0.3, 0.4) is 0 Å². The van der Waals surface area contributed by atoms with E-state index in [2.05, 4.69) is 17.6 Å². The molecule has 1 aliphatic carbocycles. The van der Waals surface area contributed by atoms with Crippen LogP contribution < -0.4 is 10.6 Å². The smallest absolute Gasteiger partial charge is 0.321 e. The molecule has 2 rings (SSSR count). The molecule has 2 atom stereocenters. The number of rotatable bonds is 2. The third-order valence-corrected chi connectivity index (χ3v) is 3.77. The van der Waals surface area contributed by atoms with Crippen LogP contribution in [0.1, 0.15) is 43.0 Å². The molecule has 2 N–H and O–H groups in total. The molecule has 1 aliphatic rings. The Hall–Kier alpha value is -1.91. The number of benzene rings is 1. The number of nitrogens with one attached hydrogen (secondary N) is 2. The van der Waals surface area contributed by atoms with E-state index in [1.165, 1.54) is 24.6 Å². The molecule has 5 heteroatoms. The fourth-order valence-corrected chi connectivity index (χ4v) is 2.55. The predicted molar refractivity (Wildman–Crippen MR) is 73.8 cm³/mol. The first-order chi connectivity index (χ1) is 9.58. The number of halogens is 1. The van der Waals surface area contributed by atoms with E-state index in [9.17, 15) is 14.0 Å². The molecule has 1 fully saturated rings. The Morgan fingerprint density at radius 1 is 1.20 bits per heavy atom. The van der Waals surface area contributed by atoms with Gasteiger partial charge in [0.25, 0.3) is 5.91 Å². The van der Waals surface area contributed by atoms with E-state index in [4.69, 9.17) is 0 Å². The Labute approximate surface area is 117 Å². The highest BCUT2D eigenvalue weighted by Gasteiger charge is 2.23. The lowest BCUT2D eigenvalue weighted by molar-refractivity contribution is 0.0958. The summed E-state index contributed by atoms with van der Waals surface area (Å²) < 4.78 is 13.4. The Balaban J connectivity index is 1.91. The maximum atomic E-state index is 13.4. The van der Waals surface area contributed by atoms with Crippen LogP contribution in [0.15, 0.2) is 24.3 Å². The van der Waals surface area contributed by atoms with Gasteiger partial charge < -0.3 is 5.32 Å². The number of amides is 3. The fraction of sp³-hybridized carbons (Fsp3) is 0.467. The van der Waals surface area contributed by atoms with Crippen molar-refractivity contribution in [2.75, 3.05) is 0 Å². The molecule has 20 heavy (non-hydrogen) atoms. The molecule has 0 spiro atoms. The monoisotopic (exact) mass is 278 g/mol. The van der Waals surface area contributed by atoms with Crippen molar-refractivity contribution in [1.82, 2.24) is 10.6 Å². The maximum absolute atomic E-state index is 13.4. The van der Waals surface area contributed by atoms with Crippen molar-refractivity contribution in [2.24, 2.45) is 5.92 Å². The van der Waals surface area contributed by atoms with E-state index < -0.39 is 17.8 Å². The van der Waals surface area contributed by atoms with Gasteiger partial charge in [-0.3, -0.25) is 10.1 Å². The second-order valence-electron chi connectivity index (χ2n) is 5.28. The zero-order valence-electron chi connectivity index (χ0n) is 11.5. The van der Waals surface area contributed by atoms with Crippen molar-refractivity contribution in [3.63, 3.8) is 0 Å². The fourth-order valence-electron chi connectivity index (χ4n) is 2.55. The summed E-state index contributed by atoms with van der Waals surface area (Å²) in [7, 11) is 0. The SMILES string of the molecule is CC1CCCCC1NC(=O)NC(=O)c1ccccc1F. The molecule has 4 nitrogen and oxygen atoms in total. The molecular weight excluding hydrogens is 259 g/mol. The molecule has 3 amide bonds. The maximum Gasteiger partial charge on any atom is 0.321 e. The van der Waals surface area contributed by atoms with Crippen molar-refractivity contribution in [1.29, 1.82) is 0 Å². The van der Waals surface area contributed by atoms with E-state index in [0.29, 0.717) is 5.92 Å². The second-order valence-corrected chi connectivity index (χ2v) is 5.28. The summed E-state index contributed by atoms with van der Waals surface area (Å²) >= 11 is 0. The highest BCUT2D eigenvalue weighted by Crippen LogP contribution is 2.23. The minimum absolute atomic E-state index is 0.0807. The third kappa shape index (κ3) is 3.56. The zero-order chi connectivity index (χ0) is 14.5. The first-order valence-corrected chi connectivity index (χ1v) is 6.94. The standard InChI is InChI=1S/C15H19FN2O2/c1-10-6-2-5-9-13(10)17-15(20)18-14(19)11-7-3-4-8-12(11)16/h3-4,7-8,10,13H,2,5-6,9H2,1H3,(H2,17,18,19,20). The molecule has 0 heterocycles. The van der Waals surface area contributed by atoms with Gasteiger partial charge in [0.15, 0.2) is 0 Å². The summed E-state index contributed by atoms with van der Waals surface area (Å²) in [5.41, 5.74) is -0.126. The van der Waals surface area contributed by atoms with Gasteiger partial charge in [-0.1, -0.05) is 31.9 Å². The van der Waals surface area contributed by atoms with Gasteiger partial charge in [-0.05, 0) is 30.9 Å². The van der Waals surface area contributed by atoms with Crippen LogP contribution in [0.5, 0.6) is 0 Å². The molecule has 0 bridgehead atoms. The van der Waals surface area contributed by atoms with Crippen LogP contribution in [0.2, 0.25) is 0 Å². The Bertz CT molecular complexity index is 504. The molecule has 1 saturated carbocycles. The summed E-state index contributed by atoms with van der Waals surface area (Å²) in [6.07, 6.45) is 4.25. The number of hydrogen-bond acceptors (Lipinski definition) is 2. The van der Waals surface area contributed by atoms with E-state index in [-0.39, 0.29) is 11.6 Å². The predicted octanol–water partition coefficient (Wildman–Crippen LogP) is 2.84. The first kappa shape index (κ1) is 14.5. The Kier molecular flexibility index (Phi) is 4.71. The van der Waals surface area contributed by atoms with E-state index in [1.807, 2.05) is 0 Å². The van der Waals surface area contributed by atoms with Crippen LogP contribution in [-0.4, -0.2) is 18.0 Å². The average Bonchev–Trinajstić information content (AvgIpc) is 2.41. The Morgan fingerprint density at radius 2 is 1.90 bits per heavy atom. The Morgan fingerprint density at radius 3 is 2.60 bits per heavy atom. The van der Waals surface area contributed by atoms with Gasteiger partial charge in [0, 0.05) is 6.04 Å². The van der Waals surface area contributed by atoms with Crippen LogP contribution in [-0.2, 0) is 0 Å². The number of urea groups is 1. The minimum atomic E-state index is -0.718. The lowest BCUT2D eigenvalue weighted by atomic mass is 9.86. The molecule has 0 aliphatic heterocycles. The largest absolute Gasteiger partial charge is 0.335 e. The van der Waals surface area contributed by atoms with Crippen molar-refractivity contribution in [3.05, 3.63) is 35.6 Å². The first-order valence-electron chi connectivity index (χ1n) is 6.94. The summed E-state index contributed by atoms with van der Waals surface area (Å²) in [6.45, 7) is 2.09. The molecule has 0 radical (unpaired) electrons. The van der Waals surface area contributed by atoms with Crippen LogP contribution >= 0.6 is 0 Å². The van der Waals surface area contributed by atoms with Gasteiger partial charge in [0.2, 0.25) is 0 Å². The van der Waals surface area contributed by atoms with Gasteiger partial charge in [-0.2, -0.15) is 0 Å². The van der Waals surface area contributed by atoms with E-state index in [1.54, 1.807) is 6.07 Å². The molecule has 108 valence electrons. The van der Waals surface area contributed by atoms with Crippen LogP contribution in [0.4, 0.5) is 9.18 Å². The lowest BCUT2D eigenvalue weighted by Crippen LogP contribution is -2.47. The minimum Gasteiger partial charge on any atom is -0.335 e. The number of hydrogen-bond donors (Lipinski definition) is 2. The number of imide groups is 1.